The zero-order chi connectivity index (χ0) is 21.7. The minimum absolute atomic E-state index is 0.120. The van der Waals surface area contributed by atoms with E-state index in [9.17, 15) is 4.79 Å². The van der Waals surface area contributed by atoms with Crippen LogP contribution in [0.25, 0.3) is 0 Å². The number of carbonyl (C=O) groups excluding carboxylic acids is 1. The van der Waals surface area contributed by atoms with Crippen LogP contribution >= 0.6 is 0 Å². The molecule has 6 nitrogen and oxygen atoms in total. The van der Waals surface area contributed by atoms with Crippen molar-refractivity contribution in [3.05, 3.63) is 48.5 Å². The molecule has 1 fully saturated rings. The Morgan fingerprint density at radius 1 is 1.03 bits per heavy atom. The summed E-state index contributed by atoms with van der Waals surface area (Å²) in [6.45, 7) is 4.43. The molecule has 1 saturated heterocycles. The van der Waals surface area contributed by atoms with E-state index in [1.165, 1.54) is 19.3 Å². The van der Waals surface area contributed by atoms with E-state index >= 15 is 0 Å². The molecule has 0 aromatic heterocycles. The van der Waals surface area contributed by atoms with Crippen LogP contribution in [0.4, 0.5) is 11.4 Å². The zero-order valence-corrected chi connectivity index (χ0v) is 18.4. The molecule has 2 aromatic carbocycles. The van der Waals surface area contributed by atoms with Gasteiger partial charge in [0.25, 0.3) is 0 Å². The van der Waals surface area contributed by atoms with Gasteiger partial charge in [-0.3, -0.25) is 4.79 Å². The van der Waals surface area contributed by atoms with E-state index in [0.29, 0.717) is 13.2 Å². The van der Waals surface area contributed by atoms with Gasteiger partial charge in [-0.2, -0.15) is 0 Å². The molecule has 3 rings (SSSR count). The fourth-order valence-corrected chi connectivity index (χ4v) is 3.43. The molecule has 168 valence electrons. The zero-order valence-electron chi connectivity index (χ0n) is 18.4. The van der Waals surface area contributed by atoms with Crippen LogP contribution in [0.5, 0.6) is 11.5 Å². The van der Waals surface area contributed by atoms with Gasteiger partial charge in [0.15, 0.2) is 0 Å². The summed E-state index contributed by atoms with van der Waals surface area (Å²) in [4.78, 5) is 12.4. The van der Waals surface area contributed by atoms with Crippen LogP contribution in [0.15, 0.2) is 48.5 Å². The summed E-state index contributed by atoms with van der Waals surface area (Å²) in [7, 11) is 0. The van der Waals surface area contributed by atoms with Crippen molar-refractivity contribution >= 4 is 17.3 Å². The monoisotopic (exact) mass is 426 g/mol. The van der Waals surface area contributed by atoms with Crippen molar-refractivity contribution < 1.29 is 19.0 Å². The fourth-order valence-electron chi connectivity index (χ4n) is 3.43. The summed E-state index contributed by atoms with van der Waals surface area (Å²) in [5.74, 6) is 1.42. The quantitative estimate of drug-likeness (QED) is 0.428. The molecule has 0 aliphatic carbocycles. The predicted molar refractivity (Wildman–Crippen MR) is 124 cm³/mol. The van der Waals surface area contributed by atoms with Crippen LogP contribution in [-0.4, -0.2) is 38.4 Å². The first-order valence-corrected chi connectivity index (χ1v) is 11.3. The molecule has 31 heavy (non-hydrogen) atoms. The van der Waals surface area contributed by atoms with Crippen molar-refractivity contribution in [3.8, 4) is 11.5 Å². The third-order valence-electron chi connectivity index (χ3n) is 5.13. The summed E-state index contributed by atoms with van der Waals surface area (Å²) < 4.78 is 17.2. The third kappa shape index (κ3) is 8.50. The molecule has 0 spiro atoms. The molecule has 0 bridgehead atoms. The number of nitrogens with one attached hydrogen (secondary N) is 2. The number of rotatable bonds is 13. The van der Waals surface area contributed by atoms with Crippen molar-refractivity contribution in [3.63, 3.8) is 0 Å². The lowest BCUT2D eigenvalue weighted by Crippen LogP contribution is -2.21. The molecular weight excluding hydrogens is 392 g/mol. The average Bonchev–Trinajstić information content (AvgIpc) is 3.31. The molecule has 1 aliphatic rings. The lowest BCUT2D eigenvalue weighted by molar-refractivity contribution is -0.114. The Bertz CT molecular complexity index is 806. The lowest BCUT2D eigenvalue weighted by Gasteiger charge is -2.13. The highest BCUT2D eigenvalue weighted by Gasteiger charge is 2.16. The van der Waals surface area contributed by atoms with Crippen LogP contribution in [0, 0.1) is 0 Å². The summed E-state index contributed by atoms with van der Waals surface area (Å²) in [6.07, 6.45) is 6.99. The lowest BCUT2D eigenvalue weighted by atomic mass is 10.2. The molecule has 1 unspecified atom stereocenters. The van der Waals surface area contributed by atoms with Crippen LogP contribution in [0.3, 0.4) is 0 Å². The number of benzene rings is 2. The van der Waals surface area contributed by atoms with E-state index in [-0.39, 0.29) is 18.6 Å². The second-order valence-electron chi connectivity index (χ2n) is 7.81. The number of carbonyl (C=O) groups is 1. The number of hydrogen-bond acceptors (Lipinski definition) is 5. The second-order valence-corrected chi connectivity index (χ2v) is 7.81. The van der Waals surface area contributed by atoms with Gasteiger partial charge in [-0.1, -0.05) is 38.3 Å². The number of hydrogen-bond donors (Lipinski definition) is 2. The largest absolute Gasteiger partial charge is 0.494 e. The fraction of sp³-hybridized carbons (Fsp3) is 0.480. The summed E-state index contributed by atoms with van der Waals surface area (Å²) >= 11 is 0. The van der Waals surface area contributed by atoms with Crippen molar-refractivity contribution in [2.45, 2.75) is 51.6 Å². The van der Waals surface area contributed by atoms with Crippen molar-refractivity contribution in [1.82, 2.24) is 0 Å². The number of ether oxygens (including phenoxy) is 3. The minimum atomic E-state index is -0.120. The summed E-state index contributed by atoms with van der Waals surface area (Å²) in [5, 5.41) is 6.06. The topological polar surface area (TPSA) is 68.8 Å². The maximum absolute atomic E-state index is 12.4. The van der Waals surface area contributed by atoms with E-state index in [2.05, 4.69) is 17.6 Å². The Balaban J connectivity index is 1.40. The SMILES string of the molecule is CCCCCCOc1cccc(NC(=O)CNc2cccc(OCC3CCCO3)c2)c1. The van der Waals surface area contributed by atoms with Gasteiger partial charge in [0.2, 0.25) is 5.91 Å². The van der Waals surface area contributed by atoms with Gasteiger partial charge in [0.05, 0.1) is 19.3 Å². The smallest absolute Gasteiger partial charge is 0.243 e. The van der Waals surface area contributed by atoms with E-state index in [1.54, 1.807) is 0 Å². The van der Waals surface area contributed by atoms with Gasteiger partial charge in [-0.05, 0) is 43.5 Å². The van der Waals surface area contributed by atoms with Crippen LogP contribution < -0.4 is 20.1 Å². The minimum Gasteiger partial charge on any atom is -0.494 e. The van der Waals surface area contributed by atoms with Crippen molar-refractivity contribution in [2.75, 3.05) is 37.0 Å². The first-order valence-electron chi connectivity index (χ1n) is 11.3. The molecule has 2 aromatic rings. The summed E-state index contributed by atoms with van der Waals surface area (Å²) in [5.41, 5.74) is 1.57. The number of unbranched alkanes of at least 4 members (excludes halogenated alkanes) is 3. The van der Waals surface area contributed by atoms with Crippen LogP contribution in [0.1, 0.15) is 45.4 Å². The Labute approximate surface area is 185 Å². The second kappa shape index (κ2) is 12.8. The van der Waals surface area contributed by atoms with Gasteiger partial charge in [-0.15, -0.1) is 0 Å². The van der Waals surface area contributed by atoms with Crippen LogP contribution in [0.2, 0.25) is 0 Å². The highest BCUT2D eigenvalue weighted by molar-refractivity contribution is 5.93. The molecule has 1 aliphatic heterocycles. The summed E-state index contributed by atoms with van der Waals surface area (Å²) in [6, 6.07) is 15.2. The predicted octanol–water partition coefficient (Wildman–Crippen LogP) is 5.25. The highest BCUT2D eigenvalue weighted by Crippen LogP contribution is 2.20. The first kappa shape index (κ1) is 22.9. The number of anilines is 2. The molecule has 0 saturated carbocycles. The van der Waals surface area contributed by atoms with Crippen LogP contribution in [-0.2, 0) is 9.53 Å². The van der Waals surface area contributed by atoms with Gasteiger partial charge >= 0.3 is 0 Å². The first-order chi connectivity index (χ1) is 15.2. The molecule has 0 radical (unpaired) electrons. The number of amides is 1. The van der Waals surface area contributed by atoms with Gasteiger partial charge in [0, 0.05) is 30.1 Å². The maximum atomic E-state index is 12.4. The molecule has 2 N–H and O–H groups in total. The van der Waals surface area contributed by atoms with Gasteiger partial charge in [0.1, 0.15) is 18.1 Å². The molecular formula is C25H34N2O4. The van der Waals surface area contributed by atoms with Gasteiger partial charge < -0.3 is 24.8 Å². The molecule has 1 atom stereocenters. The Hall–Kier alpha value is -2.73. The molecule has 1 amide bonds. The Kier molecular flexibility index (Phi) is 9.51. The van der Waals surface area contributed by atoms with Crippen molar-refractivity contribution in [1.29, 1.82) is 0 Å². The van der Waals surface area contributed by atoms with E-state index in [1.807, 2.05) is 48.5 Å². The van der Waals surface area contributed by atoms with E-state index in [0.717, 1.165) is 48.7 Å². The molecule has 1 heterocycles. The normalized spacial score (nSPS) is 15.5. The molecule has 6 heteroatoms. The standard InChI is InChI=1S/C25H34N2O4/c1-2-3-4-5-14-29-22-11-7-10-21(17-22)27-25(28)18-26-20-9-6-12-23(16-20)31-19-24-13-8-15-30-24/h6-7,9-12,16-17,24,26H,2-5,8,13-15,18-19H2,1H3,(H,27,28). The van der Waals surface area contributed by atoms with Crippen molar-refractivity contribution in [2.24, 2.45) is 0 Å². The highest BCUT2D eigenvalue weighted by atomic mass is 16.5. The Morgan fingerprint density at radius 3 is 2.58 bits per heavy atom. The van der Waals surface area contributed by atoms with E-state index < -0.39 is 0 Å². The Morgan fingerprint density at radius 2 is 1.81 bits per heavy atom. The van der Waals surface area contributed by atoms with Gasteiger partial charge in [-0.25, -0.2) is 0 Å². The van der Waals surface area contributed by atoms with E-state index in [4.69, 9.17) is 14.2 Å². The average molecular weight is 427 g/mol. The third-order valence-corrected chi connectivity index (χ3v) is 5.13. The maximum Gasteiger partial charge on any atom is 0.243 e.